The molecule has 0 bridgehead atoms. The average Bonchev–Trinajstić information content (AvgIpc) is 2.84. The van der Waals surface area contributed by atoms with Crippen molar-refractivity contribution in [3.8, 4) is 16.9 Å². The molecule has 32 heavy (non-hydrogen) atoms. The van der Waals surface area contributed by atoms with E-state index in [1.165, 1.54) is 5.56 Å². The number of fused-ring (bicyclic) bond motifs is 1. The number of ether oxygens (including phenoxy) is 1. The predicted octanol–water partition coefficient (Wildman–Crippen LogP) is 7.61. The van der Waals surface area contributed by atoms with Gasteiger partial charge in [-0.25, -0.2) is 0 Å². The second-order valence-electron chi connectivity index (χ2n) is 8.25. The van der Waals surface area contributed by atoms with E-state index in [2.05, 4.69) is 70.5 Å². The number of halogens is 1. The summed E-state index contributed by atoms with van der Waals surface area (Å²) in [6.07, 6.45) is 1.51. The molecule has 158 valence electrons. The maximum absolute atomic E-state index is 12.5. The second-order valence-corrected chi connectivity index (χ2v) is 9.16. The van der Waals surface area contributed by atoms with Gasteiger partial charge in [-0.15, -0.1) is 0 Å². The Labute approximate surface area is 197 Å². The van der Waals surface area contributed by atoms with Crippen LogP contribution in [0.1, 0.15) is 39.4 Å². The molecule has 0 fully saturated rings. The van der Waals surface area contributed by atoms with Crippen LogP contribution in [0.15, 0.2) is 102 Å². The number of Topliss-reactive ketones (excluding diaryl/α,β-unsaturated/α-hetero) is 1. The van der Waals surface area contributed by atoms with Gasteiger partial charge in [-0.3, -0.25) is 4.79 Å². The van der Waals surface area contributed by atoms with E-state index < -0.39 is 0 Å². The molecule has 0 saturated heterocycles. The SMILES string of the molecule is O=C1CC(c2ccc(-c3ccc(OCc4ccc(Br)cc4)cc3)cc2)Cc2ccccc21. The van der Waals surface area contributed by atoms with Crippen molar-refractivity contribution in [1.29, 1.82) is 0 Å². The Bertz CT molecular complexity index is 1230. The van der Waals surface area contributed by atoms with Crippen LogP contribution in [-0.4, -0.2) is 5.78 Å². The van der Waals surface area contributed by atoms with E-state index in [1.807, 2.05) is 42.5 Å². The maximum Gasteiger partial charge on any atom is 0.163 e. The van der Waals surface area contributed by atoms with Gasteiger partial charge in [0.2, 0.25) is 0 Å². The van der Waals surface area contributed by atoms with Crippen LogP contribution in [0.4, 0.5) is 0 Å². The zero-order valence-corrected chi connectivity index (χ0v) is 19.2. The van der Waals surface area contributed by atoms with E-state index >= 15 is 0 Å². The fourth-order valence-electron chi connectivity index (χ4n) is 4.32. The molecule has 0 spiro atoms. The van der Waals surface area contributed by atoms with E-state index in [4.69, 9.17) is 4.74 Å². The third kappa shape index (κ3) is 4.53. The summed E-state index contributed by atoms with van der Waals surface area (Å²) >= 11 is 3.45. The molecular weight excluding hydrogens is 460 g/mol. The van der Waals surface area contributed by atoms with E-state index in [1.54, 1.807) is 0 Å². The molecule has 4 aromatic rings. The van der Waals surface area contributed by atoms with Crippen LogP contribution in [0.5, 0.6) is 5.75 Å². The molecule has 0 aliphatic heterocycles. The number of benzene rings is 4. The topological polar surface area (TPSA) is 26.3 Å². The summed E-state index contributed by atoms with van der Waals surface area (Å²) in [7, 11) is 0. The Balaban J connectivity index is 1.25. The highest BCUT2D eigenvalue weighted by atomic mass is 79.9. The number of carbonyl (C=O) groups excluding carboxylic acids is 1. The lowest BCUT2D eigenvalue weighted by molar-refractivity contribution is 0.0964. The lowest BCUT2D eigenvalue weighted by Gasteiger charge is -2.24. The summed E-state index contributed by atoms with van der Waals surface area (Å²) in [5.41, 5.74) is 6.73. The highest BCUT2D eigenvalue weighted by Crippen LogP contribution is 2.33. The molecule has 2 nitrogen and oxygen atoms in total. The Hall–Kier alpha value is -3.17. The van der Waals surface area contributed by atoms with Gasteiger partial charge < -0.3 is 4.74 Å². The van der Waals surface area contributed by atoms with Crippen LogP contribution in [0, 0.1) is 0 Å². The number of hydrogen-bond donors (Lipinski definition) is 0. The first kappa shape index (κ1) is 20.7. The van der Waals surface area contributed by atoms with Crippen molar-refractivity contribution in [2.45, 2.75) is 25.4 Å². The molecule has 0 heterocycles. The van der Waals surface area contributed by atoms with Crippen molar-refractivity contribution < 1.29 is 9.53 Å². The van der Waals surface area contributed by atoms with E-state index in [0.29, 0.717) is 13.0 Å². The van der Waals surface area contributed by atoms with Crippen LogP contribution < -0.4 is 4.74 Å². The molecule has 0 N–H and O–H groups in total. The third-order valence-corrected chi connectivity index (χ3v) is 6.63. The molecule has 0 radical (unpaired) electrons. The molecule has 0 aromatic heterocycles. The molecular formula is C29H23BrO2. The zero-order valence-electron chi connectivity index (χ0n) is 17.6. The summed E-state index contributed by atoms with van der Waals surface area (Å²) in [6, 6.07) is 33.0. The van der Waals surface area contributed by atoms with Gasteiger partial charge in [-0.1, -0.05) is 88.7 Å². The van der Waals surface area contributed by atoms with Crippen LogP contribution in [0.25, 0.3) is 11.1 Å². The van der Waals surface area contributed by atoms with Crippen LogP contribution >= 0.6 is 15.9 Å². The van der Waals surface area contributed by atoms with Crippen molar-refractivity contribution >= 4 is 21.7 Å². The fraction of sp³-hybridized carbons (Fsp3) is 0.138. The Morgan fingerprint density at radius 3 is 2.12 bits per heavy atom. The predicted molar refractivity (Wildman–Crippen MR) is 132 cm³/mol. The molecule has 1 aliphatic rings. The lowest BCUT2D eigenvalue weighted by Crippen LogP contribution is -2.18. The fourth-order valence-corrected chi connectivity index (χ4v) is 4.58. The van der Waals surface area contributed by atoms with Gasteiger partial charge in [-0.05, 0) is 64.4 Å². The van der Waals surface area contributed by atoms with Crippen molar-refractivity contribution in [2.24, 2.45) is 0 Å². The smallest absolute Gasteiger partial charge is 0.163 e. The normalized spacial score (nSPS) is 15.3. The first-order valence-electron chi connectivity index (χ1n) is 10.8. The molecule has 5 rings (SSSR count). The van der Waals surface area contributed by atoms with Crippen LogP contribution in [0.3, 0.4) is 0 Å². The number of carbonyl (C=O) groups is 1. The third-order valence-electron chi connectivity index (χ3n) is 6.10. The summed E-state index contributed by atoms with van der Waals surface area (Å²) in [6.45, 7) is 0.546. The zero-order chi connectivity index (χ0) is 21.9. The summed E-state index contributed by atoms with van der Waals surface area (Å²) in [4.78, 5) is 12.5. The van der Waals surface area contributed by atoms with Gasteiger partial charge in [0.25, 0.3) is 0 Å². The first-order valence-corrected chi connectivity index (χ1v) is 11.6. The van der Waals surface area contributed by atoms with Gasteiger partial charge in [0.1, 0.15) is 12.4 Å². The quantitative estimate of drug-likeness (QED) is 0.292. The van der Waals surface area contributed by atoms with Gasteiger partial charge >= 0.3 is 0 Å². The van der Waals surface area contributed by atoms with E-state index in [-0.39, 0.29) is 11.7 Å². The standard InChI is InChI=1S/C29H23BrO2/c30-26-13-5-20(6-14-26)19-32-27-15-11-22(12-16-27)21-7-9-23(10-8-21)25-17-24-3-1-2-4-28(24)29(31)18-25/h1-16,25H,17-19H2. The minimum absolute atomic E-state index is 0.250. The minimum Gasteiger partial charge on any atom is -0.489 e. The minimum atomic E-state index is 0.250. The van der Waals surface area contributed by atoms with Gasteiger partial charge in [0.15, 0.2) is 5.78 Å². The molecule has 1 atom stereocenters. The molecule has 4 aromatic carbocycles. The largest absolute Gasteiger partial charge is 0.489 e. The van der Waals surface area contributed by atoms with E-state index in [0.717, 1.165) is 44.5 Å². The van der Waals surface area contributed by atoms with Crippen LogP contribution in [0.2, 0.25) is 0 Å². The summed E-state index contributed by atoms with van der Waals surface area (Å²) in [5, 5.41) is 0. The van der Waals surface area contributed by atoms with Crippen molar-refractivity contribution in [2.75, 3.05) is 0 Å². The Morgan fingerprint density at radius 1 is 0.750 bits per heavy atom. The maximum atomic E-state index is 12.5. The monoisotopic (exact) mass is 482 g/mol. The number of hydrogen-bond acceptors (Lipinski definition) is 2. The Morgan fingerprint density at radius 2 is 1.41 bits per heavy atom. The van der Waals surface area contributed by atoms with Gasteiger partial charge in [0.05, 0.1) is 0 Å². The molecule has 1 unspecified atom stereocenters. The summed E-state index contributed by atoms with van der Waals surface area (Å²) < 4.78 is 6.98. The number of ketones is 1. The Kier molecular flexibility index (Phi) is 5.91. The van der Waals surface area contributed by atoms with Crippen LogP contribution in [-0.2, 0) is 13.0 Å². The van der Waals surface area contributed by atoms with Crippen molar-refractivity contribution in [1.82, 2.24) is 0 Å². The lowest BCUT2D eigenvalue weighted by atomic mass is 9.79. The van der Waals surface area contributed by atoms with E-state index in [9.17, 15) is 4.79 Å². The highest BCUT2D eigenvalue weighted by Gasteiger charge is 2.25. The van der Waals surface area contributed by atoms with Gasteiger partial charge in [0, 0.05) is 16.5 Å². The molecule has 1 aliphatic carbocycles. The molecule has 0 amide bonds. The molecule has 0 saturated carbocycles. The second kappa shape index (κ2) is 9.13. The highest BCUT2D eigenvalue weighted by molar-refractivity contribution is 9.10. The van der Waals surface area contributed by atoms with Crippen molar-refractivity contribution in [3.63, 3.8) is 0 Å². The number of rotatable bonds is 5. The van der Waals surface area contributed by atoms with Gasteiger partial charge in [-0.2, -0.15) is 0 Å². The summed E-state index contributed by atoms with van der Waals surface area (Å²) in [5.74, 6) is 1.35. The first-order chi connectivity index (χ1) is 15.7. The molecule has 3 heteroatoms. The van der Waals surface area contributed by atoms with Crippen molar-refractivity contribution in [3.05, 3.63) is 124 Å². The average molecular weight is 483 g/mol.